The summed E-state index contributed by atoms with van der Waals surface area (Å²) in [5.74, 6) is 0. The van der Waals surface area contributed by atoms with Crippen LogP contribution in [-0.4, -0.2) is 53.4 Å². The van der Waals surface area contributed by atoms with Gasteiger partial charge in [0.1, 0.15) is 0 Å². The van der Waals surface area contributed by atoms with Gasteiger partial charge in [-0.05, 0) is 40.0 Å². The molecular weight excluding hydrogens is 188 g/mol. The molecule has 0 fully saturated rings. The van der Waals surface area contributed by atoms with Crippen LogP contribution in [-0.2, 0) is 0 Å². The number of rotatable bonds is 7. The van der Waals surface area contributed by atoms with Gasteiger partial charge in [0.15, 0.2) is 0 Å². The molecule has 0 spiro atoms. The third-order valence-electron chi connectivity index (χ3n) is 2.84. The maximum absolute atomic E-state index is 2.42. The largest absolute Gasteiger partial charge is 0.291 e. The van der Waals surface area contributed by atoms with Gasteiger partial charge < -0.3 is 0 Å². The molecule has 14 heavy (non-hydrogen) atoms. The summed E-state index contributed by atoms with van der Waals surface area (Å²) in [6.45, 7) is 6.69. The van der Waals surface area contributed by atoms with Crippen molar-refractivity contribution in [3.05, 3.63) is 11.8 Å². The summed E-state index contributed by atoms with van der Waals surface area (Å²) in [5.41, 5.74) is 2.27. The minimum Gasteiger partial charge on any atom is -0.291 e. The average Bonchev–Trinajstić information content (AvgIpc) is 2.22. The van der Waals surface area contributed by atoms with Gasteiger partial charge in [-0.1, -0.05) is 19.9 Å². The molecule has 3 heteroatoms. The van der Waals surface area contributed by atoms with Gasteiger partial charge in [0, 0.05) is 10.2 Å². The van der Waals surface area contributed by atoms with Gasteiger partial charge in [0.05, 0.1) is 6.17 Å². The summed E-state index contributed by atoms with van der Waals surface area (Å²) in [5, 5.41) is 0. The fourth-order valence-electron chi connectivity index (χ4n) is 1.61. The molecule has 0 aromatic carbocycles. The summed E-state index contributed by atoms with van der Waals surface area (Å²) < 4.78 is 0. The molecule has 0 radical (unpaired) electrons. The van der Waals surface area contributed by atoms with Crippen LogP contribution < -0.4 is 0 Å². The van der Waals surface area contributed by atoms with Crippen molar-refractivity contribution < 1.29 is 0 Å². The van der Waals surface area contributed by atoms with Crippen LogP contribution in [0.25, 0.3) is 0 Å². The molecule has 84 valence electrons. The molecule has 0 unspecified atom stereocenters. The van der Waals surface area contributed by atoms with E-state index in [-0.39, 0.29) is 0 Å². The van der Waals surface area contributed by atoms with Crippen LogP contribution in [0.1, 0.15) is 26.7 Å². The third-order valence-corrected chi connectivity index (χ3v) is 3.31. The lowest BCUT2D eigenvalue weighted by Crippen LogP contribution is -2.44. The molecule has 2 nitrogen and oxygen atoms in total. The maximum atomic E-state index is 2.42. The van der Waals surface area contributed by atoms with E-state index in [0.717, 1.165) is 13.1 Å². The van der Waals surface area contributed by atoms with Crippen molar-refractivity contribution in [3.63, 3.8) is 0 Å². The number of allylic oxidation sites excluding steroid dienone is 1. The van der Waals surface area contributed by atoms with Gasteiger partial charge in [-0.15, -0.1) is 5.70 Å². The summed E-state index contributed by atoms with van der Waals surface area (Å²) in [4.78, 5) is 4.84. The first kappa shape index (κ1) is 13.9. The Morgan fingerprint density at radius 1 is 1.14 bits per heavy atom. The Balaban J connectivity index is 4.09. The number of nitrogens with zero attached hydrogens (tertiary/aromatic N) is 2. The summed E-state index contributed by atoms with van der Waals surface area (Å²) in [7, 11) is 5.60. The molecule has 0 rings (SSSR count). The molecule has 0 aromatic rings. The number of hydrogen-bond acceptors (Lipinski definition) is 2. The average molecular weight is 214 g/mol. The van der Waals surface area contributed by atoms with E-state index >= 15 is 0 Å². The molecule has 0 saturated heterocycles. The summed E-state index contributed by atoms with van der Waals surface area (Å²) in [6.07, 6.45) is 5.37. The van der Waals surface area contributed by atoms with Crippen molar-refractivity contribution in [1.29, 1.82) is 0 Å². The van der Waals surface area contributed by atoms with Crippen LogP contribution in [0.15, 0.2) is 11.8 Å². The predicted octanol–water partition coefficient (Wildman–Crippen LogP) is 0.875. The van der Waals surface area contributed by atoms with E-state index in [4.69, 9.17) is 0 Å². The van der Waals surface area contributed by atoms with Crippen LogP contribution in [0.2, 0.25) is 0 Å². The second kappa shape index (κ2) is 8.21. The minimum atomic E-state index is 0.600. The molecule has 0 aliphatic heterocycles. The third kappa shape index (κ3) is 4.93. The molecular formula is C11H26N2Si. The molecule has 0 saturated carbocycles. The monoisotopic (exact) mass is 214 g/mol. The van der Waals surface area contributed by atoms with Crippen LogP contribution >= 0.6 is 0 Å². The first-order valence-corrected chi connectivity index (χ1v) is 6.84. The van der Waals surface area contributed by atoms with Crippen molar-refractivity contribution in [1.82, 2.24) is 9.80 Å². The fraction of sp³-hybridized carbons (Fsp3) is 0.818. The van der Waals surface area contributed by atoms with E-state index in [1.165, 1.54) is 23.1 Å². The van der Waals surface area contributed by atoms with Crippen molar-refractivity contribution in [2.75, 3.05) is 27.2 Å². The van der Waals surface area contributed by atoms with Gasteiger partial charge >= 0.3 is 0 Å². The van der Waals surface area contributed by atoms with E-state index in [1.807, 2.05) is 0 Å². The van der Waals surface area contributed by atoms with Gasteiger partial charge in [-0.3, -0.25) is 9.80 Å². The lowest BCUT2D eigenvalue weighted by atomic mass is 10.2. The second-order valence-electron chi connectivity index (χ2n) is 3.77. The van der Waals surface area contributed by atoms with Crippen molar-refractivity contribution in [3.8, 4) is 0 Å². The Bertz CT molecular complexity index is 149. The lowest BCUT2D eigenvalue weighted by molar-refractivity contribution is 0.0849. The lowest BCUT2D eigenvalue weighted by Gasteiger charge is -2.34. The standard InChI is InChI=1S/C11H26N2Si/c1-5-12(3)11(13(4)6-2)9-7-8-10-14/h8,10-11H,5-7,9H2,1-4,14H3. The van der Waals surface area contributed by atoms with Crippen LogP contribution in [0.3, 0.4) is 0 Å². The zero-order valence-electron chi connectivity index (χ0n) is 10.5. The van der Waals surface area contributed by atoms with E-state index in [9.17, 15) is 0 Å². The predicted molar refractivity (Wildman–Crippen MR) is 68.7 cm³/mol. The smallest absolute Gasteiger partial charge is 0.0620 e. The summed E-state index contributed by atoms with van der Waals surface area (Å²) in [6, 6.07) is 0. The topological polar surface area (TPSA) is 6.48 Å². The fourth-order valence-corrected chi connectivity index (χ4v) is 1.94. The quantitative estimate of drug-likeness (QED) is 0.458. The Labute approximate surface area is 92.4 Å². The Kier molecular flexibility index (Phi) is 8.13. The highest BCUT2D eigenvalue weighted by molar-refractivity contribution is 6.16. The molecule has 0 bridgehead atoms. The van der Waals surface area contributed by atoms with E-state index in [0.29, 0.717) is 6.17 Å². The highest BCUT2D eigenvalue weighted by Gasteiger charge is 2.15. The maximum Gasteiger partial charge on any atom is 0.0620 e. The zero-order chi connectivity index (χ0) is 11.0. The molecule has 0 N–H and O–H groups in total. The highest BCUT2D eigenvalue weighted by Crippen LogP contribution is 2.09. The van der Waals surface area contributed by atoms with Crippen molar-refractivity contribution >= 4 is 10.2 Å². The molecule has 0 atom stereocenters. The minimum absolute atomic E-state index is 0.600. The Morgan fingerprint density at radius 3 is 2.00 bits per heavy atom. The SMILES string of the molecule is CCN(C)C(CCC=C[SiH3])N(C)CC. The first-order valence-electron chi connectivity index (χ1n) is 5.68. The van der Waals surface area contributed by atoms with E-state index < -0.39 is 0 Å². The van der Waals surface area contributed by atoms with Gasteiger partial charge in [0.2, 0.25) is 0 Å². The highest BCUT2D eigenvalue weighted by atomic mass is 28.1. The van der Waals surface area contributed by atoms with E-state index in [2.05, 4.69) is 49.5 Å². The van der Waals surface area contributed by atoms with E-state index in [1.54, 1.807) is 0 Å². The molecule has 0 amide bonds. The van der Waals surface area contributed by atoms with Crippen LogP contribution in [0.4, 0.5) is 0 Å². The number of hydrogen-bond donors (Lipinski definition) is 0. The normalized spacial score (nSPS) is 12.8. The van der Waals surface area contributed by atoms with Crippen molar-refractivity contribution in [2.24, 2.45) is 0 Å². The first-order chi connectivity index (χ1) is 6.67. The van der Waals surface area contributed by atoms with Gasteiger partial charge in [-0.25, -0.2) is 0 Å². The molecule has 0 aromatic heterocycles. The van der Waals surface area contributed by atoms with Crippen LogP contribution in [0.5, 0.6) is 0 Å². The van der Waals surface area contributed by atoms with Gasteiger partial charge in [-0.2, -0.15) is 0 Å². The van der Waals surface area contributed by atoms with Crippen molar-refractivity contribution in [2.45, 2.75) is 32.9 Å². The summed E-state index contributed by atoms with van der Waals surface area (Å²) >= 11 is 0. The van der Waals surface area contributed by atoms with Gasteiger partial charge in [0.25, 0.3) is 0 Å². The Morgan fingerprint density at radius 2 is 1.64 bits per heavy atom. The molecule has 0 aliphatic rings. The molecule has 0 aliphatic carbocycles. The van der Waals surface area contributed by atoms with Crippen LogP contribution in [0, 0.1) is 0 Å². The second-order valence-corrected chi connectivity index (χ2v) is 4.44. The molecule has 0 heterocycles. The Hall–Kier alpha value is -0.123. The zero-order valence-corrected chi connectivity index (χ0v) is 12.5.